The standard InChI is InChI=1S/C16H15ClO2/c1-19-16(18)15-8-6-14(7-9-15)13-4-2-12(3-5-13)10-11-17/h2-9H,10-11H2,1H3. The van der Waals surface area contributed by atoms with Gasteiger partial charge in [-0.3, -0.25) is 0 Å². The maximum atomic E-state index is 11.3. The summed E-state index contributed by atoms with van der Waals surface area (Å²) < 4.78 is 4.67. The van der Waals surface area contributed by atoms with Gasteiger partial charge in [0.1, 0.15) is 0 Å². The first-order chi connectivity index (χ1) is 9.24. The van der Waals surface area contributed by atoms with E-state index in [4.69, 9.17) is 11.6 Å². The molecular formula is C16H15ClO2. The predicted octanol–water partition coefficient (Wildman–Crippen LogP) is 3.92. The third kappa shape index (κ3) is 3.36. The lowest BCUT2D eigenvalue weighted by molar-refractivity contribution is 0.0601. The van der Waals surface area contributed by atoms with Crippen molar-refractivity contribution in [3.05, 3.63) is 59.7 Å². The summed E-state index contributed by atoms with van der Waals surface area (Å²) in [6.07, 6.45) is 0.878. The van der Waals surface area contributed by atoms with Crippen LogP contribution in [0.2, 0.25) is 0 Å². The number of methoxy groups -OCH3 is 1. The van der Waals surface area contributed by atoms with Crippen LogP contribution in [0, 0.1) is 0 Å². The summed E-state index contributed by atoms with van der Waals surface area (Å²) in [5.74, 6) is 0.316. The molecular weight excluding hydrogens is 260 g/mol. The molecule has 0 unspecified atom stereocenters. The molecule has 0 aliphatic rings. The number of benzene rings is 2. The van der Waals surface area contributed by atoms with Crippen LogP contribution in [0.25, 0.3) is 11.1 Å². The number of carbonyl (C=O) groups excluding carboxylic acids is 1. The molecule has 0 aliphatic carbocycles. The van der Waals surface area contributed by atoms with E-state index in [1.165, 1.54) is 12.7 Å². The van der Waals surface area contributed by atoms with E-state index in [9.17, 15) is 4.79 Å². The van der Waals surface area contributed by atoms with Gasteiger partial charge < -0.3 is 4.74 Å². The Morgan fingerprint density at radius 1 is 1.00 bits per heavy atom. The minimum atomic E-state index is -0.316. The number of esters is 1. The third-order valence-corrected chi connectivity index (χ3v) is 3.17. The summed E-state index contributed by atoms with van der Waals surface area (Å²) in [5, 5.41) is 0. The normalized spacial score (nSPS) is 10.2. The second-order valence-corrected chi connectivity index (χ2v) is 4.58. The average Bonchev–Trinajstić information content (AvgIpc) is 2.48. The highest BCUT2D eigenvalue weighted by atomic mass is 35.5. The van der Waals surface area contributed by atoms with E-state index in [0.29, 0.717) is 11.4 Å². The van der Waals surface area contributed by atoms with Crippen LogP contribution in [0.4, 0.5) is 0 Å². The topological polar surface area (TPSA) is 26.3 Å². The molecule has 98 valence electrons. The maximum absolute atomic E-state index is 11.3. The molecule has 0 atom stereocenters. The van der Waals surface area contributed by atoms with Crippen LogP contribution in [-0.2, 0) is 11.2 Å². The van der Waals surface area contributed by atoms with Crippen molar-refractivity contribution in [2.24, 2.45) is 0 Å². The molecule has 0 saturated carbocycles. The van der Waals surface area contributed by atoms with Gasteiger partial charge in [-0.05, 0) is 35.2 Å². The summed E-state index contributed by atoms with van der Waals surface area (Å²) in [7, 11) is 1.38. The smallest absolute Gasteiger partial charge is 0.337 e. The first-order valence-electron chi connectivity index (χ1n) is 6.08. The van der Waals surface area contributed by atoms with Crippen molar-refractivity contribution in [2.45, 2.75) is 6.42 Å². The fourth-order valence-electron chi connectivity index (χ4n) is 1.89. The van der Waals surface area contributed by atoms with Gasteiger partial charge in [0.05, 0.1) is 12.7 Å². The molecule has 2 aromatic rings. The Kier molecular flexibility index (Phi) is 4.58. The Hall–Kier alpha value is -1.80. The van der Waals surface area contributed by atoms with E-state index in [1.807, 2.05) is 12.1 Å². The van der Waals surface area contributed by atoms with Crippen molar-refractivity contribution in [1.82, 2.24) is 0 Å². The van der Waals surface area contributed by atoms with Crippen molar-refractivity contribution in [3.8, 4) is 11.1 Å². The Morgan fingerprint density at radius 3 is 2.00 bits per heavy atom. The lowest BCUT2D eigenvalue weighted by Crippen LogP contribution is -2.00. The molecule has 0 aromatic heterocycles. The van der Waals surface area contributed by atoms with Crippen molar-refractivity contribution < 1.29 is 9.53 Å². The number of ether oxygens (including phenoxy) is 1. The average molecular weight is 275 g/mol. The van der Waals surface area contributed by atoms with Gasteiger partial charge in [-0.1, -0.05) is 36.4 Å². The van der Waals surface area contributed by atoms with Crippen LogP contribution < -0.4 is 0 Å². The number of halogens is 1. The maximum Gasteiger partial charge on any atom is 0.337 e. The monoisotopic (exact) mass is 274 g/mol. The summed E-state index contributed by atoms with van der Waals surface area (Å²) in [5.41, 5.74) is 3.98. The molecule has 0 aliphatic heterocycles. The second-order valence-electron chi connectivity index (χ2n) is 4.20. The number of hydrogen-bond acceptors (Lipinski definition) is 2. The summed E-state index contributed by atoms with van der Waals surface area (Å²) in [6, 6.07) is 15.7. The van der Waals surface area contributed by atoms with Gasteiger partial charge in [0.15, 0.2) is 0 Å². The van der Waals surface area contributed by atoms with E-state index in [1.54, 1.807) is 12.1 Å². The summed E-state index contributed by atoms with van der Waals surface area (Å²) in [4.78, 5) is 11.3. The minimum Gasteiger partial charge on any atom is -0.465 e. The molecule has 0 spiro atoms. The Bertz CT molecular complexity index is 544. The number of alkyl halides is 1. The first kappa shape index (κ1) is 13.6. The zero-order valence-electron chi connectivity index (χ0n) is 10.7. The van der Waals surface area contributed by atoms with Gasteiger partial charge in [0, 0.05) is 5.88 Å². The SMILES string of the molecule is COC(=O)c1ccc(-c2ccc(CCCl)cc2)cc1. The molecule has 2 aromatic carbocycles. The summed E-state index contributed by atoms with van der Waals surface area (Å²) >= 11 is 5.71. The number of carbonyl (C=O) groups is 1. The molecule has 0 saturated heterocycles. The van der Waals surface area contributed by atoms with Gasteiger partial charge in [-0.15, -0.1) is 11.6 Å². The molecule has 19 heavy (non-hydrogen) atoms. The fourth-order valence-corrected chi connectivity index (χ4v) is 2.11. The second kappa shape index (κ2) is 6.39. The molecule has 3 heteroatoms. The van der Waals surface area contributed by atoms with E-state index < -0.39 is 0 Å². The van der Waals surface area contributed by atoms with Crippen molar-refractivity contribution in [2.75, 3.05) is 13.0 Å². The Morgan fingerprint density at radius 2 is 1.53 bits per heavy atom. The lowest BCUT2D eigenvalue weighted by atomic mass is 10.0. The predicted molar refractivity (Wildman–Crippen MR) is 77.6 cm³/mol. The molecule has 0 N–H and O–H groups in total. The quantitative estimate of drug-likeness (QED) is 0.624. The van der Waals surface area contributed by atoms with Crippen molar-refractivity contribution in [1.29, 1.82) is 0 Å². The van der Waals surface area contributed by atoms with Gasteiger partial charge in [-0.2, -0.15) is 0 Å². The number of rotatable bonds is 4. The zero-order chi connectivity index (χ0) is 13.7. The highest BCUT2D eigenvalue weighted by molar-refractivity contribution is 6.17. The van der Waals surface area contributed by atoms with Crippen LogP contribution >= 0.6 is 11.6 Å². The van der Waals surface area contributed by atoms with Crippen LogP contribution in [0.3, 0.4) is 0 Å². The van der Waals surface area contributed by atoms with Crippen LogP contribution in [0.5, 0.6) is 0 Å². The third-order valence-electron chi connectivity index (χ3n) is 2.98. The molecule has 0 amide bonds. The van der Waals surface area contributed by atoms with E-state index in [2.05, 4.69) is 29.0 Å². The molecule has 2 rings (SSSR count). The van der Waals surface area contributed by atoms with Crippen LogP contribution in [-0.4, -0.2) is 19.0 Å². The van der Waals surface area contributed by atoms with E-state index in [-0.39, 0.29) is 5.97 Å². The molecule has 0 radical (unpaired) electrons. The van der Waals surface area contributed by atoms with Crippen LogP contribution in [0.1, 0.15) is 15.9 Å². The zero-order valence-corrected chi connectivity index (χ0v) is 11.5. The highest BCUT2D eigenvalue weighted by Gasteiger charge is 2.05. The van der Waals surface area contributed by atoms with Crippen molar-refractivity contribution in [3.63, 3.8) is 0 Å². The number of aryl methyl sites for hydroxylation is 1. The van der Waals surface area contributed by atoms with E-state index in [0.717, 1.165) is 17.5 Å². The lowest BCUT2D eigenvalue weighted by Gasteiger charge is -2.05. The van der Waals surface area contributed by atoms with Gasteiger partial charge >= 0.3 is 5.97 Å². The molecule has 0 fully saturated rings. The molecule has 0 bridgehead atoms. The molecule has 2 nitrogen and oxygen atoms in total. The Labute approximate surface area is 118 Å². The van der Waals surface area contributed by atoms with Crippen LogP contribution in [0.15, 0.2) is 48.5 Å². The van der Waals surface area contributed by atoms with Gasteiger partial charge in [-0.25, -0.2) is 4.79 Å². The largest absolute Gasteiger partial charge is 0.465 e. The number of hydrogen-bond donors (Lipinski definition) is 0. The summed E-state index contributed by atoms with van der Waals surface area (Å²) in [6.45, 7) is 0. The Balaban J connectivity index is 2.19. The van der Waals surface area contributed by atoms with Crippen molar-refractivity contribution >= 4 is 17.6 Å². The van der Waals surface area contributed by atoms with Gasteiger partial charge in [0.2, 0.25) is 0 Å². The fraction of sp³-hybridized carbons (Fsp3) is 0.188. The highest BCUT2D eigenvalue weighted by Crippen LogP contribution is 2.21. The van der Waals surface area contributed by atoms with Gasteiger partial charge in [0.25, 0.3) is 0 Å². The molecule has 0 heterocycles. The van der Waals surface area contributed by atoms with E-state index >= 15 is 0 Å². The minimum absolute atomic E-state index is 0.316. The first-order valence-corrected chi connectivity index (χ1v) is 6.61.